The molecule has 4 heteroatoms. The van der Waals surface area contributed by atoms with Crippen LogP contribution in [0, 0.1) is 6.92 Å². The van der Waals surface area contributed by atoms with Crippen LogP contribution in [0.3, 0.4) is 0 Å². The molecule has 0 bridgehead atoms. The van der Waals surface area contributed by atoms with Crippen molar-refractivity contribution < 1.29 is 9.21 Å². The molecule has 0 spiro atoms. The number of benzene rings is 1. The molecule has 17 heavy (non-hydrogen) atoms. The van der Waals surface area contributed by atoms with E-state index in [0.29, 0.717) is 10.9 Å². The van der Waals surface area contributed by atoms with E-state index in [1.807, 2.05) is 31.2 Å². The van der Waals surface area contributed by atoms with Gasteiger partial charge in [-0.3, -0.25) is 4.79 Å². The minimum Gasteiger partial charge on any atom is -0.469 e. The fourth-order valence-electron chi connectivity index (χ4n) is 1.52. The van der Waals surface area contributed by atoms with Gasteiger partial charge in [-0.25, -0.2) is 0 Å². The number of para-hydroxylation sites is 1. The molecule has 1 aromatic heterocycles. The molecule has 88 valence electrons. The topological polar surface area (TPSA) is 42.2 Å². The molecule has 2 rings (SSSR count). The number of aryl methyl sites for hydroxylation is 1. The second-order valence-corrected chi connectivity index (χ2v) is 4.25. The first-order chi connectivity index (χ1) is 8.20. The van der Waals surface area contributed by atoms with Crippen LogP contribution in [0.2, 0.25) is 0 Å². The largest absolute Gasteiger partial charge is 0.469 e. The molecular weight excluding hydrogens is 282 g/mol. The zero-order valence-electron chi connectivity index (χ0n) is 9.37. The van der Waals surface area contributed by atoms with Gasteiger partial charge in [0.25, 0.3) is 5.91 Å². The van der Waals surface area contributed by atoms with Gasteiger partial charge in [-0.1, -0.05) is 34.1 Å². The maximum absolute atomic E-state index is 11.9. The molecule has 0 atom stereocenters. The number of hydrogen-bond acceptors (Lipinski definition) is 2. The molecule has 1 N–H and O–H groups in total. The molecular formula is C13H12BrNO2. The fraction of sp³-hybridized carbons (Fsp3) is 0.154. The molecule has 2 aromatic rings. The summed E-state index contributed by atoms with van der Waals surface area (Å²) < 4.78 is 5.11. The van der Waals surface area contributed by atoms with E-state index in [2.05, 4.69) is 21.2 Å². The van der Waals surface area contributed by atoms with Gasteiger partial charge in [0.05, 0.1) is 5.56 Å². The van der Waals surface area contributed by atoms with Crippen molar-refractivity contribution in [2.75, 3.05) is 5.32 Å². The predicted octanol–water partition coefficient (Wildman–Crippen LogP) is 3.74. The van der Waals surface area contributed by atoms with Crippen molar-refractivity contribution in [1.29, 1.82) is 0 Å². The Morgan fingerprint density at radius 1 is 1.41 bits per heavy atom. The van der Waals surface area contributed by atoms with Gasteiger partial charge in [0.1, 0.15) is 12.0 Å². The van der Waals surface area contributed by atoms with Gasteiger partial charge in [-0.15, -0.1) is 0 Å². The number of carbonyl (C=O) groups is 1. The Morgan fingerprint density at radius 2 is 2.18 bits per heavy atom. The zero-order valence-corrected chi connectivity index (χ0v) is 11.0. The highest BCUT2D eigenvalue weighted by molar-refractivity contribution is 9.08. The number of carbonyl (C=O) groups excluding carboxylic acids is 1. The van der Waals surface area contributed by atoms with E-state index in [0.717, 1.165) is 17.0 Å². The number of furan rings is 1. The van der Waals surface area contributed by atoms with E-state index in [9.17, 15) is 4.79 Å². The van der Waals surface area contributed by atoms with Crippen LogP contribution in [0.1, 0.15) is 21.7 Å². The van der Waals surface area contributed by atoms with E-state index in [1.165, 1.54) is 6.26 Å². The van der Waals surface area contributed by atoms with Gasteiger partial charge >= 0.3 is 0 Å². The van der Waals surface area contributed by atoms with Gasteiger partial charge < -0.3 is 9.73 Å². The first-order valence-corrected chi connectivity index (χ1v) is 6.33. The summed E-state index contributed by atoms with van der Waals surface area (Å²) in [6, 6.07) is 9.38. The summed E-state index contributed by atoms with van der Waals surface area (Å²) in [4.78, 5) is 11.9. The van der Waals surface area contributed by atoms with Crippen LogP contribution in [0.15, 0.2) is 41.0 Å². The third-order valence-corrected chi connectivity index (χ3v) is 3.01. The highest BCUT2D eigenvalue weighted by Crippen LogP contribution is 2.19. The second-order valence-electron chi connectivity index (χ2n) is 3.69. The van der Waals surface area contributed by atoms with E-state index in [-0.39, 0.29) is 5.91 Å². The summed E-state index contributed by atoms with van der Waals surface area (Å²) in [6.45, 7) is 1.81. The van der Waals surface area contributed by atoms with Crippen LogP contribution < -0.4 is 5.32 Å². The first-order valence-electron chi connectivity index (χ1n) is 5.21. The van der Waals surface area contributed by atoms with Gasteiger partial charge in [-0.05, 0) is 24.6 Å². The summed E-state index contributed by atoms with van der Waals surface area (Å²) in [7, 11) is 0. The number of anilines is 1. The van der Waals surface area contributed by atoms with Crippen LogP contribution in [0.4, 0.5) is 5.69 Å². The fourth-order valence-corrected chi connectivity index (χ4v) is 2.00. The van der Waals surface area contributed by atoms with Crippen LogP contribution in [0.25, 0.3) is 0 Å². The van der Waals surface area contributed by atoms with Crippen LogP contribution >= 0.6 is 15.9 Å². The van der Waals surface area contributed by atoms with Crippen LogP contribution in [-0.2, 0) is 5.33 Å². The lowest BCUT2D eigenvalue weighted by Gasteiger charge is -2.07. The third-order valence-electron chi connectivity index (χ3n) is 2.40. The van der Waals surface area contributed by atoms with Gasteiger partial charge in [0.2, 0.25) is 0 Å². The van der Waals surface area contributed by atoms with Crippen molar-refractivity contribution in [3.63, 3.8) is 0 Å². The molecule has 1 aromatic carbocycles. The first kappa shape index (κ1) is 11.9. The normalized spacial score (nSPS) is 10.2. The summed E-state index contributed by atoms with van der Waals surface area (Å²) in [5, 5.41) is 3.56. The van der Waals surface area contributed by atoms with Crippen molar-refractivity contribution in [3.8, 4) is 0 Å². The Labute approximate surface area is 108 Å². The summed E-state index contributed by atoms with van der Waals surface area (Å²) in [6.07, 6.45) is 1.46. The molecule has 0 saturated heterocycles. The Bertz CT molecular complexity index is 534. The Kier molecular flexibility index (Phi) is 3.64. The van der Waals surface area contributed by atoms with Crippen molar-refractivity contribution in [1.82, 2.24) is 0 Å². The minimum atomic E-state index is -0.157. The quantitative estimate of drug-likeness (QED) is 0.876. The molecule has 0 aliphatic carbocycles. The van der Waals surface area contributed by atoms with Crippen molar-refractivity contribution >= 4 is 27.5 Å². The lowest BCUT2D eigenvalue weighted by Crippen LogP contribution is -2.12. The number of halogens is 1. The lowest BCUT2D eigenvalue weighted by molar-refractivity contribution is 0.102. The van der Waals surface area contributed by atoms with Crippen molar-refractivity contribution in [2.45, 2.75) is 12.3 Å². The monoisotopic (exact) mass is 293 g/mol. The predicted molar refractivity (Wildman–Crippen MR) is 70.5 cm³/mol. The maximum Gasteiger partial charge on any atom is 0.258 e. The molecule has 3 nitrogen and oxygen atoms in total. The zero-order chi connectivity index (χ0) is 12.3. The third kappa shape index (κ3) is 2.77. The lowest BCUT2D eigenvalue weighted by atomic mass is 10.2. The number of rotatable bonds is 3. The molecule has 0 radical (unpaired) electrons. The molecule has 1 amide bonds. The number of nitrogens with one attached hydrogen (secondary N) is 1. The van der Waals surface area contributed by atoms with Crippen LogP contribution in [-0.4, -0.2) is 5.91 Å². The van der Waals surface area contributed by atoms with Gasteiger partial charge in [-0.2, -0.15) is 0 Å². The molecule has 0 fully saturated rings. The number of hydrogen-bond donors (Lipinski definition) is 1. The van der Waals surface area contributed by atoms with Crippen molar-refractivity contribution in [2.24, 2.45) is 0 Å². The summed E-state index contributed by atoms with van der Waals surface area (Å²) in [5.74, 6) is 0.569. The van der Waals surface area contributed by atoms with Gasteiger partial charge in [0.15, 0.2) is 0 Å². The van der Waals surface area contributed by atoms with Crippen molar-refractivity contribution in [3.05, 3.63) is 53.5 Å². The Morgan fingerprint density at radius 3 is 2.82 bits per heavy atom. The standard InChI is InChI=1S/C13H12BrNO2/c1-9-6-11(8-17-9)13(16)15-12-5-3-2-4-10(12)7-14/h2-6,8H,7H2,1H3,(H,15,16). The minimum absolute atomic E-state index is 0.157. The van der Waals surface area contributed by atoms with E-state index < -0.39 is 0 Å². The highest BCUT2D eigenvalue weighted by Gasteiger charge is 2.10. The molecule has 0 unspecified atom stereocenters. The highest BCUT2D eigenvalue weighted by atomic mass is 79.9. The average molecular weight is 294 g/mol. The van der Waals surface area contributed by atoms with E-state index >= 15 is 0 Å². The van der Waals surface area contributed by atoms with Crippen LogP contribution in [0.5, 0.6) is 0 Å². The molecule has 0 saturated carbocycles. The summed E-state index contributed by atoms with van der Waals surface area (Å²) in [5.41, 5.74) is 2.39. The summed E-state index contributed by atoms with van der Waals surface area (Å²) >= 11 is 3.39. The molecule has 0 aliphatic rings. The van der Waals surface area contributed by atoms with E-state index in [1.54, 1.807) is 6.07 Å². The maximum atomic E-state index is 11.9. The second kappa shape index (κ2) is 5.19. The number of amides is 1. The van der Waals surface area contributed by atoms with E-state index in [4.69, 9.17) is 4.42 Å². The molecule has 1 heterocycles. The smallest absolute Gasteiger partial charge is 0.258 e. The van der Waals surface area contributed by atoms with Gasteiger partial charge in [0, 0.05) is 11.0 Å². The number of alkyl halides is 1. The Hall–Kier alpha value is -1.55. The molecule has 0 aliphatic heterocycles. The SMILES string of the molecule is Cc1cc(C(=O)Nc2ccccc2CBr)co1. The average Bonchev–Trinajstić information content (AvgIpc) is 2.77. The Balaban J connectivity index is 2.18.